The first-order valence-corrected chi connectivity index (χ1v) is 8.48. The van der Waals surface area contributed by atoms with E-state index in [0.717, 1.165) is 12.1 Å². The molecule has 7 nitrogen and oxygen atoms in total. The van der Waals surface area contributed by atoms with Crippen LogP contribution in [0.5, 0.6) is 0 Å². The Morgan fingerprint density at radius 3 is 2.58 bits per heavy atom. The van der Waals surface area contributed by atoms with Crippen molar-refractivity contribution in [3.63, 3.8) is 0 Å². The molecule has 0 radical (unpaired) electrons. The Morgan fingerprint density at radius 2 is 1.92 bits per heavy atom. The number of ketones is 1. The van der Waals surface area contributed by atoms with Gasteiger partial charge in [-0.1, -0.05) is 38.1 Å². The number of carbonyl (C=O) groups excluding carboxylic acids is 2. The number of aromatic nitrogens is 4. The van der Waals surface area contributed by atoms with Crippen LogP contribution in [0.2, 0.25) is 0 Å². The number of ether oxygens (including phenoxy) is 1. The lowest BCUT2D eigenvalue weighted by Crippen LogP contribution is -2.15. The Balaban J connectivity index is 1.64. The third kappa shape index (κ3) is 3.61. The molecule has 2 aromatic heterocycles. The van der Waals surface area contributed by atoms with Crippen LogP contribution in [0, 0.1) is 6.92 Å². The summed E-state index contributed by atoms with van der Waals surface area (Å²) in [5, 5.41) is 4.06. The summed E-state index contributed by atoms with van der Waals surface area (Å²) in [5.41, 5.74) is 2.47. The quantitative estimate of drug-likeness (QED) is 0.501. The van der Waals surface area contributed by atoms with Crippen LogP contribution in [0.1, 0.15) is 58.4 Å². The Bertz CT molecular complexity index is 947. The molecular weight excluding hydrogens is 332 g/mol. The zero-order chi connectivity index (χ0) is 18.7. The van der Waals surface area contributed by atoms with Gasteiger partial charge in [0, 0.05) is 17.5 Å². The van der Waals surface area contributed by atoms with Crippen molar-refractivity contribution in [3.8, 4) is 0 Å². The first kappa shape index (κ1) is 17.7. The van der Waals surface area contributed by atoms with E-state index < -0.39 is 5.97 Å². The van der Waals surface area contributed by atoms with Crippen molar-refractivity contribution in [1.82, 2.24) is 19.6 Å². The highest BCUT2D eigenvalue weighted by Crippen LogP contribution is 2.19. The second-order valence-corrected chi connectivity index (χ2v) is 6.16. The van der Waals surface area contributed by atoms with Crippen molar-refractivity contribution in [2.45, 2.75) is 33.1 Å². The Morgan fingerprint density at radius 1 is 1.19 bits per heavy atom. The minimum atomic E-state index is -0.750. The van der Waals surface area contributed by atoms with Crippen LogP contribution >= 0.6 is 0 Å². The molecular formula is C19H20N4O3. The molecule has 0 N–H and O–H groups in total. The highest BCUT2D eigenvalue weighted by molar-refractivity contribution is 5.98. The van der Waals surface area contributed by atoms with E-state index in [2.05, 4.69) is 28.9 Å². The number of aryl methyl sites for hydroxylation is 1. The monoisotopic (exact) mass is 352 g/mol. The fourth-order valence-electron chi connectivity index (χ4n) is 2.51. The highest BCUT2D eigenvalue weighted by atomic mass is 16.5. The molecule has 0 amide bonds. The molecule has 0 bridgehead atoms. The molecule has 0 saturated carbocycles. The van der Waals surface area contributed by atoms with E-state index in [1.807, 2.05) is 19.1 Å². The Kier molecular flexibility index (Phi) is 5.06. The van der Waals surface area contributed by atoms with Gasteiger partial charge in [0.1, 0.15) is 0 Å². The molecule has 7 heteroatoms. The third-order valence-electron chi connectivity index (χ3n) is 4.36. The van der Waals surface area contributed by atoms with E-state index in [0.29, 0.717) is 17.3 Å². The molecule has 0 fully saturated rings. The average molecular weight is 352 g/mol. The number of rotatable bonds is 6. The second-order valence-electron chi connectivity index (χ2n) is 6.16. The van der Waals surface area contributed by atoms with Gasteiger partial charge in [-0.3, -0.25) is 4.79 Å². The van der Waals surface area contributed by atoms with Crippen LogP contribution in [-0.4, -0.2) is 37.9 Å². The number of nitrogens with zero attached hydrogens (tertiary/aromatic N) is 4. The van der Waals surface area contributed by atoms with Crippen LogP contribution in [0.15, 0.2) is 36.5 Å². The fraction of sp³-hybridized carbons (Fsp3) is 0.316. The summed E-state index contributed by atoms with van der Waals surface area (Å²) in [6.45, 7) is 5.72. The van der Waals surface area contributed by atoms with Gasteiger partial charge in [0.25, 0.3) is 11.6 Å². The van der Waals surface area contributed by atoms with Crippen LogP contribution < -0.4 is 0 Å². The van der Waals surface area contributed by atoms with E-state index in [1.165, 1.54) is 10.1 Å². The lowest BCUT2D eigenvalue weighted by Gasteiger charge is -2.09. The summed E-state index contributed by atoms with van der Waals surface area (Å²) < 4.78 is 6.51. The summed E-state index contributed by atoms with van der Waals surface area (Å²) in [6.07, 6.45) is 2.62. The molecule has 0 aliphatic carbocycles. The van der Waals surface area contributed by atoms with Crippen LogP contribution in [0.3, 0.4) is 0 Å². The van der Waals surface area contributed by atoms with Crippen molar-refractivity contribution in [1.29, 1.82) is 0 Å². The maximum atomic E-state index is 12.2. The maximum Gasteiger partial charge on any atom is 0.378 e. The number of carbonyl (C=O) groups is 2. The molecule has 3 rings (SSSR count). The molecule has 0 aliphatic heterocycles. The SMILES string of the molecule is CC[C@@H](C)c1ccc(C(=O)COC(=O)c2nc3nccc(C)n3n2)cc1. The maximum absolute atomic E-state index is 12.2. The number of hydrogen-bond donors (Lipinski definition) is 0. The molecule has 0 spiro atoms. The molecule has 0 saturated heterocycles. The van der Waals surface area contributed by atoms with Crippen molar-refractivity contribution >= 4 is 17.5 Å². The van der Waals surface area contributed by atoms with E-state index in [9.17, 15) is 9.59 Å². The minimum Gasteiger partial charge on any atom is -0.451 e. The summed E-state index contributed by atoms with van der Waals surface area (Å²) in [4.78, 5) is 32.4. The predicted molar refractivity (Wildman–Crippen MR) is 95.3 cm³/mol. The summed E-state index contributed by atoms with van der Waals surface area (Å²) >= 11 is 0. The van der Waals surface area contributed by atoms with Crippen LogP contribution in [0.25, 0.3) is 5.78 Å². The summed E-state index contributed by atoms with van der Waals surface area (Å²) in [5.74, 6) is -0.391. The number of hydrogen-bond acceptors (Lipinski definition) is 6. The summed E-state index contributed by atoms with van der Waals surface area (Å²) in [7, 11) is 0. The average Bonchev–Trinajstić information content (AvgIpc) is 3.11. The first-order chi connectivity index (χ1) is 12.5. The zero-order valence-corrected chi connectivity index (χ0v) is 15.0. The van der Waals surface area contributed by atoms with Gasteiger partial charge in [0.15, 0.2) is 12.4 Å². The van der Waals surface area contributed by atoms with Crippen LogP contribution in [-0.2, 0) is 4.74 Å². The van der Waals surface area contributed by atoms with E-state index in [1.54, 1.807) is 24.4 Å². The third-order valence-corrected chi connectivity index (χ3v) is 4.36. The molecule has 1 aromatic carbocycles. The van der Waals surface area contributed by atoms with E-state index in [-0.39, 0.29) is 18.2 Å². The van der Waals surface area contributed by atoms with Gasteiger partial charge in [-0.15, -0.1) is 5.10 Å². The van der Waals surface area contributed by atoms with Gasteiger partial charge in [0.05, 0.1) is 0 Å². The molecule has 26 heavy (non-hydrogen) atoms. The fourth-order valence-corrected chi connectivity index (χ4v) is 2.51. The minimum absolute atomic E-state index is 0.119. The normalized spacial score (nSPS) is 12.1. The lowest BCUT2D eigenvalue weighted by molar-refractivity contribution is 0.0463. The summed E-state index contributed by atoms with van der Waals surface area (Å²) in [6, 6.07) is 9.13. The number of esters is 1. The van der Waals surface area contributed by atoms with Crippen molar-refractivity contribution in [2.24, 2.45) is 0 Å². The number of Topliss-reactive ketones (excluding diaryl/α,β-unsaturated/α-hetero) is 1. The van der Waals surface area contributed by atoms with Gasteiger partial charge in [-0.05, 0) is 30.9 Å². The largest absolute Gasteiger partial charge is 0.451 e. The highest BCUT2D eigenvalue weighted by Gasteiger charge is 2.18. The van der Waals surface area contributed by atoms with Crippen molar-refractivity contribution in [2.75, 3.05) is 6.61 Å². The number of fused-ring (bicyclic) bond motifs is 1. The van der Waals surface area contributed by atoms with Gasteiger partial charge in [0.2, 0.25) is 0 Å². The molecule has 0 aliphatic rings. The van der Waals surface area contributed by atoms with Crippen molar-refractivity contribution in [3.05, 3.63) is 59.2 Å². The van der Waals surface area contributed by atoms with Gasteiger partial charge >= 0.3 is 5.97 Å². The molecule has 3 aromatic rings. The van der Waals surface area contributed by atoms with Gasteiger partial charge < -0.3 is 4.74 Å². The molecule has 134 valence electrons. The van der Waals surface area contributed by atoms with Crippen molar-refractivity contribution < 1.29 is 14.3 Å². The van der Waals surface area contributed by atoms with Gasteiger partial charge in [-0.2, -0.15) is 4.98 Å². The lowest BCUT2D eigenvalue weighted by atomic mass is 9.97. The Labute approximate surface area is 151 Å². The molecule has 0 unspecified atom stereocenters. The van der Waals surface area contributed by atoms with E-state index in [4.69, 9.17) is 4.74 Å². The first-order valence-electron chi connectivity index (χ1n) is 8.48. The topological polar surface area (TPSA) is 86.5 Å². The van der Waals surface area contributed by atoms with E-state index >= 15 is 0 Å². The zero-order valence-electron chi connectivity index (χ0n) is 15.0. The van der Waals surface area contributed by atoms with Crippen LogP contribution in [0.4, 0.5) is 0 Å². The number of benzene rings is 1. The smallest absolute Gasteiger partial charge is 0.378 e. The standard InChI is InChI=1S/C19H20N4O3/c1-4-12(2)14-5-7-15(8-6-14)16(24)11-26-18(25)17-21-19-20-10-9-13(3)23(19)22-17/h5-10,12H,4,11H2,1-3H3/t12-/m1/s1. The molecule has 2 heterocycles. The predicted octanol–water partition coefficient (Wildman–Crippen LogP) is 2.99. The molecule has 1 atom stereocenters. The van der Waals surface area contributed by atoms with Gasteiger partial charge in [-0.25, -0.2) is 14.3 Å². The second kappa shape index (κ2) is 7.43. The Hall–Kier alpha value is -3.09.